The molecule has 0 aliphatic carbocycles. The van der Waals surface area contributed by atoms with Gasteiger partial charge in [-0.15, -0.1) is 0 Å². The molecule has 0 amide bonds. The van der Waals surface area contributed by atoms with E-state index in [-0.39, 0.29) is 5.78 Å². The minimum atomic E-state index is 0.164. The van der Waals surface area contributed by atoms with Gasteiger partial charge in [-0.25, -0.2) is 0 Å². The molecule has 0 fully saturated rings. The van der Waals surface area contributed by atoms with Crippen LogP contribution < -0.4 is 0 Å². The van der Waals surface area contributed by atoms with Crippen LogP contribution in [0.2, 0.25) is 0 Å². The molecule has 1 heteroatoms. The lowest BCUT2D eigenvalue weighted by Crippen LogP contribution is -1.98. The highest BCUT2D eigenvalue weighted by Crippen LogP contribution is 2.25. The molecule has 20 heavy (non-hydrogen) atoms. The van der Waals surface area contributed by atoms with E-state index in [0.29, 0.717) is 0 Å². The van der Waals surface area contributed by atoms with Crippen molar-refractivity contribution in [2.24, 2.45) is 0 Å². The Morgan fingerprint density at radius 3 is 1.90 bits per heavy atom. The Morgan fingerprint density at radius 2 is 1.40 bits per heavy atom. The van der Waals surface area contributed by atoms with Crippen molar-refractivity contribution in [2.75, 3.05) is 0 Å². The molecular weight excluding hydrogens is 244 g/mol. The number of hydrogen-bond donors (Lipinski definition) is 0. The Bertz CT molecular complexity index is 619. The largest absolute Gasteiger partial charge is 0.295 e. The SMILES string of the molecule is CCC(C(C)=O)=C(C)c1ccc(-c2ccccc2)cc1. The Kier molecular flexibility index (Phi) is 4.52. The zero-order valence-corrected chi connectivity index (χ0v) is 12.3. The number of Topliss-reactive ketones (excluding diaryl/α,β-unsaturated/α-hetero) is 1. The van der Waals surface area contributed by atoms with Crippen LogP contribution in [0.4, 0.5) is 0 Å². The Morgan fingerprint density at radius 1 is 0.850 bits per heavy atom. The summed E-state index contributed by atoms with van der Waals surface area (Å²) in [6.07, 6.45) is 0.779. The van der Waals surface area contributed by atoms with Gasteiger partial charge in [0.25, 0.3) is 0 Å². The molecule has 0 saturated carbocycles. The van der Waals surface area contributed by atoms with Crippen LogP contribution in [0.5, 0.6) is 0 Å². The molecule has 102 valence electrons. The Balaban J connectivity index is 2.36. The van der Waals surface area contributed by atoms with Gasteiger partial charge in [0, 0.05) is 0 Å². The quantitative estimate of drug-likeness (QED) is 0.700. The highest BCUT2D eigenvalue weighted by Gasteiger charge is 2.08. The van der Waals surface area contributed by atoms with Gasteiger partial charge in [0.2, 0.25) is 0 Å². The standard InChI is InChI=1S/C19H20O/c1-4-19(15(3)20)14(2)16-10-12-18(13-11-16)17-8-6-5-7-9-17/h5-13H,4H2,1-3H3. The number of hydrogen-bond acceptors (Lipinski definition) is 1. The first-order valence-corrected chi connectivity index (χ1v) is 7.00. The molecule has 1 nitrogen and oxygen atoms in total. The second kappa shape index (κ2) is 6.33. The maximum Gasteiger partial charge on any atom is 0.156 e. The predicted molar refractivity (Wildman–Crippen MR) is 85.4 cm³/mol. The number of carbonyl (C=O) groups is 1. The molecule has 0 spiro atoms. The molecule has 2 aromatic carbocycles. The van der Waals surface area contributed by atoms with Gasteiger partial charge in [0.05, 0.1) is 0 Å². The second-order valence-electron chi connectivity index (χ2n) is 4.96. The molecule has 0 atom stereocenters. The molecule has 2 aromatic rings. The third kappa shape index (κ3) is 3.05. The average Bonchev–Trinajstić information content (AvgIpc) is 2.48. The maximum absolute atomic E-state index is 11.6. The van der Waals surface area contributed by atoms with Crippen molar-refractivity contribution in [1.29, 1.82) is 0 Å². The molecule has 2 rings (SSSR count). The smallest absolute Gasteiger partial charge is 0.156 e. The molecule has 0 unspecified atom stereocenters. The summed E-state index contributed by atoms with van der Waals surface area (Å²) in [5.41, 5.74) is 5.53. The highest BCUT2D eigenvalue weighted by atomic mass is 16.1. The molecule has 0 aliphatic rings. The van der Waals surface area contributed by atoms with Crippen molar-refractivity contribution in [1.82, 2.24) is 0 Å². The first kappa shape index (κ1) is 14.3. The third-order valence-corrected chi connectivity index (χ3v) is 3.66. The molecule has 0 bridgehead atoms. The fourth-order valence-corrected chi connectivity index (χ4v) is 2.50. The van der Waals surface area contributed by atoms with E-state index in [0.717, 1.165) is 23.1 Å². The van der Waals surface area contributed by atoms with Crippen LogP contribution in [-0.4, -0.2) is 5.78 Å². The van der Waals surface area contributed by atoms with E-state index >= 15 is 0 Å². The normalized spacial score (nSPS) is 11.9. The van der Waals surface area contributed by atoms with Crippen molar-refractivity contribution in [3.63, 3.8) is 0 Å². The predicted octanol–water partition coefficient (Wildman–Crippen LogP) is 5.13. The van der Waals surface area contributed by atoms with Crippen LogP contribution in [0, 0.1) is 0 Å². The van der Waals surface area contributed by atoms with E-state index in [4.69, 9.17) is 0 Å². The topological polar surface area (TPSA) is 17.1 Å². The highest BCUT2D eigenvalue weighted by molar-refractivity contribution is 6.00. The molecule has 0 radical (unpaired) electrons. The summed E-state index contributed by atoms with van der Waals surface area (Å²) in [6.45, 7) is 5.69. The summed E-state index contributed by atoms with van der Waals surface area (Å²) in [5.74, 6) is 0.164. The van der Waals surface area contributed by atoms with E-state index in [1.807, 2.05) is 32.0 Å². The zero-order chi connectivity index (χ0) is 14.5. The van der Waals surface area contributed by atoms with Crippen LogP contribution in [0.25, 0.3) is 16.7 Å². The third-order valence-electron chi connectivity index (χ3n) is 3.66. The van der Waals surface area contributed by atoms with Crippen LogP contribution >= 0.6 is 0 Å². The summed E-state index contributed by atoms with van der Waals surface area (Å²) in [6, 6.07) is 18.7. The summed E-state index contributed by atoms with van der Waals surface area (Å²) in [7, 11) is 0. The molecular formula is C19H20O. The fraction of sp³-hybridized carbons (Fsp3) is 0.211. The van der Waals surface area contributed by atoms with Gasteiger partial charge in [0.15, 0.2) is 5.78 Å². The lowest BCUT2D eigenvalue weighted by atomic mass is 9.95. The second-order valence-corrected chi connectivity index (χ2v) is 4.96. The fourth-order valence-electron chi connectivity index (χ4n) is 2.50. The van der Waals surface area contributed by atoms with E-state index in [1.165, 1.54) is 11.1 Å². The molecule has 0 aliphatic heterocycles. The first-order valence-electron chi connectivity index (χ1n) is 7.00. The lowest BCUT2D eigenvalue weighted by molar-refractivity contribution is -0.113. The van der Waals surface area contributed by atoms with Crippen molar-refractivity contribution in [3.8, 4) is 11.1 Å². The first-order chi connectivity index (χ1) is 9.63. The van der Waals surface area contributed by atoms with E-state index in [2.05, 4.69) is 36.4 Å². The van der Waals surface area contributed by atoms with Gasteiger partial charge in [-0.1, -0.05) is 61.5 Å². The molecule has 0 saturated heterocycles. The van der Waals surface area contributed by atoms with Crippen LogP contribution in [0.15, 0.2) is 60.2 Å². The summed E-state index contributed by atoms with van der Waals surface area (Å²) >= 11 is 0. The van der Waals surface area contributed by atoms with Gasteiger partial charge in [-0.2, -0.15) is 0 Å². The van der Waals surface area contributed by atoms with Crippen LogP contribution in [0.3, 0.4) is 0 Å². The monoisotopic (exact) mass is 264 g/mol. The van der Waals surface area contributed by atoms with Crippen LogP contribution in [-0.2, 0) is 4.79 Å². The van der Waals surface area contributed by atoms with Crippen molar-refractivity contribution < 1.29 is 4.79 Å². The van der Waals surface area contributed by atoms with E-state index in [1.54, 1.807) is 6.92 Å². The minimum Gasteiger partial charge on any atom is -0.295 e. The van der Waals surface area contributed by atoms with E-state index in [9.17, 15) is 4.79 Å². The van der Waals surface area contributed by atoms with Crippen LogP contribution in [0.1, 0.15) is 32.8 Å². The molecule has 0 N–H and O–H groups in total. The summed E-state index contributed by atoms with van der Waals surface area (Å²) in [5, 5.41) is 0. The number of benzene rings is 2. The van der Waals surface area contributed by atoms with Gasteiger partial charge in [-0.3, -0.25) is 4.79 Å². The van der Waals surface area contributed by atoms with Gasteiger partial charge in [0.1, 0.15) is 0 Å². The molecule has 0 aromatic heterocycles. The number of ketones is 1. The average molecular weight is 264 g/mol. The van der Waals surface area contributed by atoms with Crippen molar-refractivity contribution in [2.45, 2.75) is 27.2 Å². The van der Waals surface area contributed by atoms with Crippen molar-refractivity contribution >= 4 is 11.4 Å². The zero-order valence-electron chi connectivity index (χ0n) is 12.3. The Labute approximate surface area is 121 Å². The summed E-state index contributed by atoms with van der Waals surface area (Å²) in [4.78, 5) is 11.6. The number of carbonyl (C=O) groups excluding carboxylic acids is 1. The Hall–Kier alpha value is -2.15. The summed E-state index contributed by atoms with van der Waals surface area (Å²) < 4.78 is 0. The van der Waals surface area contributed by atoms with E-state index < -0.39 is 0 Å². The minimum absolute atomic E-state index is 0.164. The number of rotatable bonds is 4. The number of allylic oxidation sites excluding steroid dienone is 2. The van der Waals surface area contributed by atoms with Gasteiger partial charge < -0.3 is 0 Å². The van der Waals surface area contributed by atoms with Gasteiger partial charge >= 0.3 is 0 Å². The maximum atomic E-state index is 11.6. The van der Waals surface area contributed by atoms with Gasteiger partial charge in [-0.05, 0) is 48.1 Å². The van der Waals surface area contributed by atoms with Crippen molar-refractivity contribution in [3.05, 3.63) is 65.7 Å². The molecule has 0 heterocycles. The lowest BCUT2D eigenvalue weighted by Gasteiger charge is -2.09.